The molecule has 5 nitrogen and oxygen atoms in total. The van der Waals surface area contributed by atoms with E-state index in [1.54, 1.807) is 0 Å². The van der Waals surface area contributed by atoms with Crippen molar-refractivity contribution in [3.8, 4) is 16.8 Å². The van der Waals surface area contributed by atoms with E-state index in [0.29, 0.717) is 0 Å². The molecule has 446 valence electrons. The summed E-state index contributed by atoms with van der Waals surface area (Å²) >= 11 is 0. The fraction of sp³-hybridized carbons (Fsp3) is 0.0889. The number of benzene rings is 15. The molecular weight excluding hydrogens is 1160 g/mol. The summed E-state index contributed by atoms with van der Waals surface area (Å²) in [5.41, 5.74) is 20.2. The molecule has 22 aromatic rings. The Morgan fingerprint density at radius 2 is 0.695 bits per heavy atom. The van der Waals surface area contributed by atoms with E-state index in [4.69, 9.17) is 8.83 Å². The van der Waals surface area contributed by atoms with Gasteiger partial charge in [0, 0.05) is 81.1 Å². The molecular formula is C90H59N3O2. The van der Waals surface area contributed by atoms with E-state index in [1.165, 1.54) is 163 Å². The number of para-hydroxylation sites is 2. The maximum Gasteiger partial charge on any atom is 0.147 e. The molecule has 0 saturated carbocycles. The van der Waals surface area contributed by atoms with Crippen LogP contribution in [0.3, 0.4) is 0 Å². The van der Waals surface area contributed by atoms with Crippen LogP contribution in [0.25, 0.3) is 202 Å². The summed E-state index contributed by atoms with van der Waals surface area (Å²) in [6, 6.07) is 96.4. The lowest BCUT2D eigenvalue weighted by Gasteiger charge is -2.26. The highest BCUT2D eigenvalue weighted by Gasteiger charge is 2.29. The summed E-state index contributed by atoms with van der Waals surface area (Å²) < 4.78 is 21.5. The van der Waals surface area contributed by atoms with Crippen LogP contribution in [-0.4, -0.2) is 13.4 Å². The molecule has 15 aromatic carbocycles. The van der Waals surface area contributed by atoms with Crippen molar-refractivity contribution < 1.29 is 8.83 Å². The molecule has 95 heavy (non-hydrogen) atoms. The first-order valence-corrected chi connectivity index (χ1v) is 33.4. The summed E-state index contributed by atoms with van der Waals surface area (Å²) in [6.07, 6.45) is 0.861. The monoisotopic (exact) mass is 1210 g/mol. The lowest BCUT2D eigenvalue weighted by atomic mass is 9.78. The highest BCUT2D eigenvalue weighted by molar-refractivity contribution is 6.30. The maximum atomic E-state index is 6.93. The van der Waals surface area contributed by atoms with Crippen molar-refractivity contribution in [2.75, 3.05) is 0 Å². The van der Waals surface area contributed by atoms with Gasteiger partial charge in [0.1, 0.15) is 22.3 Å². The molecule has 0 unspecified atom stereocenters. The predicted molar refractivity (Wildman–Crippen MR) is 402 cm³/mol. The van der Waals surface area contributed by atoms with Crippen LogP contribution >= 0.6 is 0 Å². The van der Waals surface area contributed by atoms with Crippen molar-refractivity contribution in [1.82, 2.24) is 13.4 Å². The number of nitrogens with zero attached hydrogens (tertiary/aromatic N) is 3. The third kappa shape index (κ3) is 7.01. The Balaban J connectivity index is 0.709. The Bertz CT molecular complexity index is 6980. The summed E-state index contributed by atoms with van der Waals surface area (Å²) in [7, 11) is 0. The first-order chi connectivity index (χ1) is 46.4. The molecule has 0 N–H and O–H groups in total. The zero-order valence-electron chi connectivity index (χ0n) is 53.1. The van der Waals surface area contributed by atoms with Crippen molar-refractivity contribution in [3.63, 3.8) is 0 Å². The molecule has 0 aliphatic heterocycles. The molecule has 0 spiro atoms. The molecule has 0 fully saturated rings. The maximum absolute atomic E-state index is 6.93. The summed E-state index contributed by atoms with van der Waals surface area (Å²) in [4.78, 5) is 0. The molecule has 0 amide bonds. The Morgan fingerprint density at radius 3 is 1.18 bits per heavy atom. The van der Waals surface area contributed by atoms with Crippen LogP contribution < -0.4 is 0 Å². The average Bonchev–Trinajstić information content (AvgIpc) is 1.54. The van der Waals surface area contributed by atoms with Crippen LogP contribution in [-0.2, 0) is 17.3 Å². The molecule has 0 aliphatic rings. The molecule has 0 radical (unpaired) electrons. The molecule has 0 saturated heterocycles. The van der Waals surface area contributed by atoms with E-state index in [9.17, 15) is 0 Å². The summed E-state index contributed by atoms with van der Waals surface area (Å²) in [6.45, 7) is 11.9. The number of fused-ring (bicyclic) bond motifs is 25. The fourth-order valence-electron chi connectivity index (χ4n) is 17.4. The quantitative estimate of drug-likeness (QED) is 0.172. The average molecular weight is 1210 g/mol. The second-order valence-electron chi connectivity index (χ2n) is 29.0. The minimum atomic E-state index is -0.221. The van der Waals surface area contributed by atoms with Gasteiger partial charge in [-0.15, -0.1) is 0 Å². The molecule has 7 aromatic heterocycles. The van der Waals surface area contributed by atoms with E-state index in [2.05, 4.69) is 303 Å². The summed E-state index contributed by atoms with van der Waals surface area (Å²) in [5, 5.41) is 26.8. The van der Waals surface area contributed by atoms with E-state index >= 15 is 0 Å². The van der Waals surface area contributed by atoms with Gasteiger partial charge in [0.25, 0.3) is 0 Å². The van der Waals surface area contributed by atoms with Crippen molar-refractivity contribution in [2.24, 2.45) is 0 Å². The van der Waals surface area contributed by atoms with Crippen molar-refractivity contribution in [2.45, 2.75) is 51.9 Å². The largest absolute Gasteiger partial charge is 0.455 e. The lowest BCUT2D eigenvalue weighted by Crippen LogP contribution is -2.20. The number of aromatic nitrogens is 3. The number of hydrogen-bond acceptors (Lipinski definition) is 2. The SMILES string of the molecule is CC(C)(C)c1ccc2c(c1)c1cc(C(C)(C)Cc3ccc4cc5c6cc(-c7c8oc9ccccc9c8cc8c7oc7ccccc78)cc7c8cc9ccccc9cc8n(c5cc4c3)c76)ccc1n2-c1cc2c3cc4ccccc4cc3n3c4cc5ccccc5cc4c(c1)c23. The van der Waals surface area contributed by atoms with Crippen molar-refractivity contribution >= 4 is 185 Å². The topological polar surface area (TPSA) is 40.0 Å². The predicted octanol–water partition coefficient (Wildman–Crippen LogP) is 25.0. The van der Waals surface area contributed by atoms with Crippen LogP contribution in [0.4, 0.5) is 0 Å². The van der Waals surface area contributed by atoms with E-state index in [-0.39, 0.29) is 10.8 Å². The second-order valence-corrected chi connectivity index (χ2v) is 29.0. The van der Waals surface area contributed by atoms with Crippen molar-refractivity contribution in [3.05, 3.63) is 271 Å². The highest BCUT2D eigenvalue weighted by atomic mass is 16.3. The van der Waals surface area contributed by atoms with E-state index in [1.807, 2.05) is 0 Å². The van der Waals surface area contributed by atoms with Crippen LogP contribution in [0, 0.1) is 0 Å². The van der Waals surface area contributed by atoms with Crippen LogP contribution in [0.15, 0.2) is 264 Å². The second kappa shape index (κ2) is 17.9. The first-order valence-electron chi connectivity index (χ1n) is 33.4. The standard InChI is InChI=1S/C90H59N3O2/c1-89(2,3)59-28-30-76-68(43-59)69-44-60(29-31-77(69)91(76)61-45-72-66-34-51-17-7-10-20-54(51)40-79(66)92-80-41-55-21-11-8-18-52(55)35-67(80)73(46-61)86(72)92)90(4,5)48-49-26-27-56-36-65-71-38-58(37-70-64-33-50-16-6-9-19-53(50)39-78(64)93(85(70)71)81(65)42-57(56)32-49)84-87-74(62-22-12-14-24-82(62)94-87)47-75-63-23-13-15-25-83(63)95-88(75)84/h6-47H,48H2,1-5H3. The number of hydrogen-bond donors (Lipinski definition) is 0. The number of rotatable bonds is 5. The zero-order valence-corrected chi connectivity index (χ0v) is 53.1. The van der Waals surface area contributed by atoms with Crippen molar-refractivity contribution in [1.29, 1.82) is 0 Å². The van der Waals surface area contributed by atoms with E-state index < -0.39 is 0 Å². The molecule has 22 rings (SSSR count). The zero-order chi connectivity index (χ0) is 62.6. The van der Waals surface area contributed by atoms with Crippen LogP contribution in [0.1, 0.15) is 51.3 Å². The van der Waals surface area contributed by atoms with Gasteiger partial charge in [0.2, 0.25) is 0 Å². The third-order valence-corrected chi connectivity index (χ3v) is 22.0. The third-order valence-electron chi connectivity index (χ3n) is 22.0. The van der Waals surface area contributed by atoms with Gasteiger partial charge >= 0.3 is 0 Å². The molecule has 0 atom stereocenters. The smallest absolute Gasteiger partial charge is 0.147 e. The van der Waals surface area contributed by atoms with Gasteiger partial charge in [-0.1, -0.05) is 174 Å². The van der Waals surface area contributed by atoms with E-state index in [0.717, 1.165) is 61.4 Å². The highest BCUT2D eigenvalue weighted by Crippen LogP contribution is 2.51. The Hall–Kier alpha value is -11.7. The fourth-order valence-corrected chi connectivity index (χ4v) is 17.4. The van der Waals surface area contributed by atoms with Gasteiger partial charge in [0.15, 0.2) is 0 Å². The minimum Gasteiger partial charge on any atom is -0.455 e. The van der Waals surface area contributed by atoms with Gasteiger partial charge in [0.05, 0.1) is 49.7 Å². The number of furan rings is 2. The van der Waals surface area contributed by atoms with Crippen LogP contribution in [0.5, 0.6) is 0 Å². The van der Waals surface area contributed by atoms with Gasteiger partial charge in [-0.05, 0) is 198 Å². The van der Waals surface area contributed by atoms with Gasteiger partial charge < -0.3 is 22.2 Å². The molecule has 5 heteroatoms. The Morgan fingerprint density at radius 1 is 0.295 bits per heavy atom. The van der Waals surface area contributed by atoms with Gasteiger partial charge in [-0.3, -0.25) is 0 Å². The first kappa shape index (κ1) is 51.9. The lowest BCUT2D eigenvalue weighted by molar-refractivity contribution is 0.523. The molecule has 0 aliphatic carbocycles. The summed E-state index contributed by atoms with van der Waals surface area (Å²) in [5.74, 6) is 0. The van der Waals surface area contributed by atoms with Gasteiger partial charge in [-0.2, -0.15) is 0 Å². The Kier molecular flexibility index (Phi) is 9.79. The minimum absolute atomic E-state index is 0.0349. The molecule has 7 heterocycles. The van der Waals surface area contributed by atoms with Crippen LogP contribution in [0.2, 0.25) is 0 Å². The normalized spacial score (nSPS) is 13.1. The molecule has 0 bridgehead atoms. The Labute approximate surface area is 544 Å². The van der Waals surface area contributed by atoms with Gasteiger partial charge in [-0.25, -0.2) is 0 Å².